The second-order valence-electron chi connectivity index (χ2n) is 6.95. The van der Waals surface area contributed by atoms with Gasteiger partial charge in [-0.1, -0.05) is 54.4 Å². The van der Waals surface area contributed by atoms with Crippen LogP contribution in [0.1, 0.15) is 73.6 Å². The van der Waals surface area contributed by atoms with Gasteiger partial charge in [-0.05, 0) is 31.1 Å². The Morgan fingerprint density at radius 3 is 1.88 bits per heavy atom. The van der Waals surface area contributed by atoms with E-state index in [2.05, 4.69) is 41.5 Å². The molecular weight excluding hydrogens is 327 g/mol. The van der Waals surface area contributed by atoms with Gasteiger partial charge in [-0.15, -0.1) is 0 Å². The van der Waals surface area contributed by atoms with Crippen LogP contribution in [0.15, 0.2) is 0 Å². The molecule has 24 heavy (non-hydrogen) atoms. The van der Waals surface area contributed by atoms with E-state index < -0.39 is 14.1 Å². The Morgan fingerprint density at radius 1 is 0.875 bits per heavy atom. The zero-order valence-electron chi connectivity index (χ0n) is 16.3. The molecule has 1 saturated heterocycles. The van der Waals surface area contributed by atoms with Crippen molar-refractivity contribution in [1.29, 1.82) is 0 Å². The zero-order chi connectivity index (χ0) is 18.2. The van der Waals surface area contributed by atoms with Crippen molar-refractivity contribution in [3.05, 3.63) is 0 Å². The number of rotatable bonds is 11. The van der Waals surface area contributed by atoms with E-state index in [4.69, 9.17) is 18.3 Å². The topological polar surface area (TPSA) is 54.0 Å². The van der Waals surface area contributed by atoms with Gasteiger partial charge in [-0.25, -0.2) is 4.57 Å². The first-order valence-electron chi connectivity index (χ1n) is 9.61. The summed E-state index contributed by atoms with van der Waals surface area (Å²) in [5.41, 5.74) is 0. The molecule has 0 aromatic heterocycles. The largest absolute Gasteiger partial charge is 0.477 e. The van der Waals surface area contributed by atoms with Crippen molar-refractivity contribution in [1.82, 2.24) is 0 Å². The highest BCUT2D eigenvalue weighted by atomic mass is 31.2. The van der Waals surface area contributed by atoms with E-state index >= 15 is 0 Å². The van der Waals surface area contributed by atoms with Gasteiger partial charge in [0.25, 0.3) is 0 Å². The molecule has 0 aromatic rings. The normalized spacial score (nSPS) is 31.3. The minimum Gasteiger partial charge on any atom is -0.348 e. The fourth-order valence-corrected chi connectivity index (χ4v) is 4.34. The monoisotopic (exact) mass is 364 g/mol. The molecule has 6 heteroatoms. The van der Waals surface area contributed by atoms with Crippen molar-refractivity contribution < 1.29 is 22.9 Å². The van der Waals surface area contributed by atoms with Gasteiger partial charge in [-0.2, -0.15) is 0 Å². The molecule has 1 fully saturated rings. The van der Waals surface area contributed by atoms with Crippen molar-refractivity contribution in [2.45, 2.75) is 86.0 Å². The Kier molecular flexibility index (Phi) is 10.1. The van der Waals surface area contributed by atoms with Crippen LogP contribution in [-0.4, -0.2) is 25.6 Å². The Hall–Kier alpha value is 0.0700. The van der Waals surface area contributed by atoms with Crippen LogP contribution >= 0.6 is 7.82 Å². The third-order valence-electron chi connectivity index (χ3n) is 5.11. The van der Waals surface area contributed by atoms with Crippen molar-refractivity contribution >= 4 is 7.82 Å². The number of hydrogen-bond acceptors (Lipinski definition) is 5. The molecule has 0 radical (unpaired) electrons. The highest BCUT2D eigenvalue weighted by Gasteiger charge is 2.43. The average molecular weight is 364 g/mol. The van der Waals surface area contributed by atoms with E-state index in [1.807, 2.05) is 0 Å². The Bertz CT molecular complexity index is 374. The molecule has 0 bridgehead atoms. The van der Waals surface area contributed by atoms with Crippen LogP contribution in [0, 0.1) is 17.8 Å². The van der Waals surface area contributed by atoms with Gasteiger partial charge in [0, 0.05) is 5.92 Å². The van der Waals surface area contributed by atoms with E-state index in [1.165, 1.54) is 0 Å². The third kappa shape index (κ3) is 6.42. The second-order valence-corrected chi connectivity index (χ2v) is 8.58. The summed E-state index contributed by atoms with van der Waals surface area (Å²) in [5, 5.41) is 0. The molecule has 1 aliphatic heterocycles. The van der Waals surface area contributed by atoms with Crippen LogP contribution in [0.25, 0.3) is 0 Å². The molecule has 1 heterocycles. The van der Waals surface area contributed by atoms with E-state index in [9.17, 15) is 4.57 Å². The van der Waals surface area contributed by atoms with Gasteiger partial charge >= 0.3 is 7.82 Å². The van der Waals surface area contributed by atoms with Gasteiger partial charge in [0.1, 0.15) is 0 Å². The van der Waals surface area contributed by atoms with E-state index in [0.29, 0.717) is 25.0 Å². The fourth-order valence-electron chi connectivity index (χ4n) is 2.94. The molecule has 0 spiro atoms. The smallest absolute Gasteiger partial charge is 0.348 e. The summed E-state index contributed by atoms with van der Waals surface area (Å²) in [4.78, 5) is 0. The maximum absolute atomic E-state index is 13.0. The number of phosphoric acid groups is 1. The van der Waals surface area contributed by atoms with Crippen LogP contribution in [0.4, 0.5) is 0 Å². The van der Waals surface area contributed by atoms with Gasteiger partial charge < -0.3 is 4.74 Å². The maximum Gasteiger partial charge on any atom is 0.477 e. The Morgan fingerprint density at radius 2 is 1.42 bits per heavy atom. The third-order valence-corrected chi connectivity index (χ3v) is 6.58. The first-order chi connectivity index (χ1) is 11.4. The lowest BCUT2D eigenvalue weighted by Crippen LogP contribution is -2.45. The summed E-state index contributed by atoms with van der Waals surface area (Å²) in [6.45, 7) is 13.5. The quantitative estimate of drug-likeness (QED) is 0.343. The highest BCUT2D eigenvalue weighted by Crippen LogP contribution is 2.53. The summed E-state index contributed by atoms with van der Waals surface area (Å²) in [5.74, 6) is 1.01. The highest BCUT2D eigenvalue weighted by molar-refractivity contribution is 7.48. The summed E-state index contributed by atoms with van der Waals surface area (Å²) < 4.78 is 36.0. The molecule has 1 aliphatic rings. The second kappa shape index (κ2) is 10.9. The van der Waals surface area contributed by atoms with Gasteiger partial charge in [-0.3, -0.25) is 13.6 Å². The fraction of sp³-hybridized carbons (Fsp3) is 1.00. The average Bonchev–Trinajstić information content (AvgIpc) is 2.56. The lowest BCUT2D eigenvalue weighted by Gasteiger charge is -2.43. The molecule has 0 amide bonds. The first kappa shape index (κ1) is 22.1. The van der Waals surface area contributed by atoms with Gasteiger partial charge in [0.05, 0.1) is 19.3 Å². The van der Waals surface area contributed by atoms with Crippen LogP contribution in [0.2, 0.25) is 0 Å². The predicted octanol–water partition coefficient (Wildman–Crippen LogP) is 5.79. The summed E-state index contributed by atoms with van der Waals surface area (Å²) in [6, 6.07) is 0. The van der Waals surface area contributed by atoms with Crippen molar-refractivity contribution in [3.8, 4) is 0 Å². The van der Waals surface area contributed by atoms with Crippen LogP contribution in [-0.2, 0) is 22.9 Å². The molecule has 0 N–H and O–H groups in total. The lowest BCUT2D eigenvalue weighted by atomic mass is 9.78. The minimum absolute atomic E-state index is 0.112. The standard InChI is InChI=1S/C18H37O5P/c1-7-10-12-20-24(19,21-13-11-8-2)23-18-16(6)14(4)15(5)17(9-3)22-18/h14-18H,7-13H2,1-6H3/t14-,15+,16?,17?,18-/m0/s1. The number of phosphoric ester groups is 1. The Labute approximate surface area is 148 Å². The SMILES string of the molecule is CCCCOP(=O)(OCCCC)O[C@@H]1OC(CC)[C@H](C)[C@H](C)C1C. The summed E-state index contributed by atoms with van der Waals surface area (Å²) >= 11 is 0. The van der Waals surface area contributed by atoms with E-state index in [-0.39, 0.29) is 12.0 Å². The van der Waals surface area contributed by atoms with Gasteiger partial charge in [0.2, 0.25) is 0 Å². The van der Waals surface area contributed by atoms with E-state index in [1.54, 1.807) is 0 Å². The molecule has 5 atom stereocenters. The summed E-state index contributed by atoms with van der Waals surface area (Å²) in [7, 11) is -3.59. The number of ether oxygens (including phenoxy) is 1. The molecule has 0 aromatic carbocycles. The maximum atomic E-state index is 13.0. The molecule has 2 unspecified atom stereocenters. The summed E-state index contributed by atoms with van der Waals surface area (Å²) in [6.07, 6.45) is 4.08. The van der Waals surface area contributed by atoms with Crippen molar-refractivity contribution in [2.75, 3.05) is 13.2 Å². The zero-order valence-corrected chi connectivity index (χ0v) is 17.2. The molecule has 0 saturated carbocycles. The molecule has 0 aliphatic carbocycles. The van der Waals surface area contributed by atoms with Crippen molar-refractivity contribution in [3.63, 3.8) is 0 Å². The van der Waals surface area contributed by atoms with Crippen molar-refractivity contribution in [2.24, 2.45) is 17.8 Å². The lowest BCUT2D eigenvalue weighted by molar-refractivity contribution is -0.219. The number of unbranched alkanes of at least 4 members (excludes halogenated alkanes) is 2. The molecular formula is C18H37O5P. The van der Waals surface area contributed by atoms with E-state index in [0.717, 1.165) is 32.1 Å². The van der Waals surface area contributed by atoms with Crippen LogP contribution in [0.3, 0.4) is 0 Å². The molecule has 5 nitrogen and oxygen atoms in total. The number of hydrogen-bond donors (Lipinski definition) is 0. The first-order valence-corrected chi connectivity index (χ1v) is 11.1. The van der Waals surface area contributed by atoms with Crippen LogP contribution < -0.4 is 0 Å². The molecule has 1 rings (SSSR count). The minimum atomic E-state index is -3.59. The van der Waals surface area contributed by atoms with Gasteiger partial charge in [0.15, 0.2) is 6.29 Å². The Balaban J connectivity index is 2.76. The molecule has 144 valence electrons. The predicted molar refractivity (Wildman–Crippen MR) is 96.9 cm³/mol. The van der Waals surface area contributed by atoms with Crippen LogP contribution in [0.5, 0.6) is 0 Å².